The van der Waals surface area contributed by atoms with Gasteiger partial charge in [0.1, 0.15) is 12.1 Å². The molecule has 0 spiro atoms. The summed E-state index contributed by atoms with van der Waals surface area (Å²) < 4.78 is 18.0. The maximum absolute atomic E-state index is 12.8. The summed E-state index contributed by atoms with van der Waals surface area (Å²) in [7, 11) is 0. The molecule has 2 aromatic carbocycles. The second-order valence-electron chi connectivity index (χ2n) is 4.28. The van der Waals surface area contributed by atoms with E-state index in [0.717, 1.165) is 0 Å². The zero-order valence-corrected chi connectivity index (χ0v) is 12.6. The number of aldehydes is 1. The lowest BCUT2D eigenvalue weighted by Crippen LogP contribution is -2.20. The first kappa shape index (κ1) is 16.3. The Morgan fingerprint density at radius 1 is 1.18 bits per heavy atom. The van der Waals surface area contributed by atoms with Crippen molar-refractivity contribution in [1.82, 2.24) is 0 Å². The van der Waals surface area contributed by atoms with Gasteiger partial charge in [-0.1, -0.05) is 23.2 Å². The molecule has 0 aliphatic carbocycles. The zero-order chi connectivity index (χ0) is 16.1. The molecule has 0 aliphatic rings. The minimum Gasteiger partial charge on any atom is -0.481 e. The van der Waals surface area contributed by atoms with Gasteiger partial charge in [-0.15, -0.1) is 0 Å². The van der Waals surface area contributed by atoms with Crippen LogP contribution in [0.3, 0.4) is 0 Å². The number of nitrogens with one attached hydrogen (secondary N) is 1. The number of anilines is 1. The summed E-state index contributed by atoms with van der Waals surface area (Å²) in [5, 5.41) is 2.79. The fourth-order valence-corrected chi connectivity index (χ4v) is 2.27. The van der Waals surface area contributed by atoms with E-state index < -0.39 is 11.7 Å². The molecule has 1 amide bonds. The monoisotopic (exact) mass is 341 g/mol. The number of rotatable bonds is 5. The van der Waals surface area contributed by atoms with Gasteiger partial charge in [-0.05, 0) is 36.4 Å². The van der Waals surface area contributed by atoms with E-state index in [1.807, 2.05) is 0 Å². The maximum atomic E-state index is 12.8. The first-order valence-corrected chi connectivity index (χ1v) is 6.87. The van der Waals surface area contributed by atoms with Crippen LogP contribution in [0.2, 0.25) is 10.0 Å². The number of halogens is 3. The molecule has 0 radical (unpaired) electrons. The predicted molar refractivity (Wildman–Crippen MR) is 82.4 cm³/mol. The summed E-state index contributed by atoms with van der Waals surface area (Å²) in [6.45, 7) is -0.336. The van der Waals surface area contributed by atoms with Gasteiger partial charge in [0, 0.05) is 11.3 Å². The zero-order valence-electron chi connectivity index (χ0n) is 11.1. The SMILES string of the molecule is O=Cc1cc(Cl)c(OCC(=O)Nc2ccc(F)cc2)c(Cl)c1. The average Bonchev–Trinajstić information content (AvgIpc) is 2.48. The van der Waals surface area contributed by atoms with Gasteiger partial charge in [0.05, 0.1) is 10.0 Å². The molecule has 2 aromatic rings. The lowest BCUT2D eigenvalue weighted by atomic mass is 10.2. The summed E-state index contributed by atoms with van der Waals surface area (Å²) in [4.78, 5) is 22.4. The van der Waals surface area contributed by atoms with Crippen LogP contribution < -0.4 is 10.1 Å². The molecule has 114 valence electrons. The van der Waals surface area contributed by atoms with Crippen LogP contribution in [-0.2, 0) is 4.79 Å². The Labute approximate surface area is 135 Å². The van der Waals surface area contributed by atoms with Gasteiger partial charge < -0.3 is 10.1 Å². The van der Waals surface area contributed by atoms with Gasteiger partial charge in [0.25, 0.3) is 5.91 Å². The highest BCUT2D eigenvalue weighted by Gasteiger charge is 2.12. The quantitative estimate of drug-likeness (QED) is 0.837. The van der Waals surface area contributed by atoms with Gasteiger partial charge >= 0.3 is 0 Å². The highest BCUT2D eigenvalue weighted by molar-refractivity contribution is 6.37. The number of hydrogen-bond donors (Lipinski definition) is 1. The molecule has 2 rings (SSSR count). The van der Waals surface area contributed by atoms with Crippen LogP contribution in [0.5, 0.6) is 5.75 Å². The smallest absolute Gasteiger partial charge is 0.262 e. The number of carbonyl (C=O) groups is 2. The van der Waals surface area contributed by atoms with Gasteiger partial charge in [0.2, 0.25) is 0 Å². The third-order valence-electron chi connectivity index (χ3n) is 2.63. The average molecular weight is 342 g/mol. The molecule has 0 unspecified atom stereocenters. The van der Waals surface area contributed by atoms with Gasteiger partial charge in [-0.25, -0.2) is 4.39 Å². The standard InChI is InChI=1S/C15H10Cl2FNO3/c16-12-5-9(7-20)6-13(17)15(12)22-8-14(21)19-11-3-1-10(18)2-4-11/h1-7H,8H2,(H,19,21). The highest BCUT2D eigenvalue weighted by atomic mass is 35.5. The third-order valence-corrected chi connectivity index (χ3v) is 3.19. The summed E-state index contributed by atoms with van der Waals surface area (Å²) in [5.41, 5.74) is 0.738. The van der Waals surface area contributed by atoms with Crippen molar-refractivity contribution in [2.24, 2.45) is 0 Å². The molecule has 0 heterocycles. The first-order valence-electron chi connectivity index (χ1n) is 6.12. The molecule has 7 heteroatoms. The fraction of sp³-hybridized carbons (Fsp3) is 0.0667. The number of benzene rings is 2. The van der Waals surface area contributed by atoms with Crippen molar-refractivity contribution >= 4 is 41.1 Å². The number of ether oxygens (including phenoxy) is 1. The number of hydrogen-bond acceptors (Lipinski definition) is 3. The molecule has 1 N–H and O–H groups in total. The summed E-state index contributed by atoms with van der Waals surface area (Å²) in [6.07, 6.45) is 0.600. The van der Waals surface area contributed by atoms with E-state index in [-0.39, 0.29) is 22.4 Å². The topological polar surface area (TPSA) is 55.4 Å². The molecule has 0 fully saturated rings. The van der Waals surface area contributed by atoms with Gasteiger partial charge in [-0.3, -0.25) is 9.59 Å². The number of amides is 1. The van der Waals surface area contributed by atoms with E-state index in [2.05, 4.69) is 5.32 Å². The van der Waals surface area contributed by atoms with Crippen LogP contribution >= 0.6 is 23.2 Å². The molecular formula is C15H10Cl2FNO3. The normalized spacial score (nSPS) is 10.1. The van der Waals surface area contributed by atoms with Crippen molar-refractivity contribution in [2.75, 3.05) is 11.9 Å². The predicted octanol–water partition coefficient (Wildman–Crippen LogP) is 3.96. The van der Waals surface area contributed by atoms with Crippen molar-refractivity contribution in [3.8, 4) is 5.75 Å². The van der Waals surface area contributed by atoms with E-state index in [1.54, 1.807) is 0 Å². The van der Waals surface area contributed by atoms with E-state index in [1.165, 1.54) is 36.4 Å². The summed E-state index contributed by atoms with van der Waals surface area (Å²) in [6, 6.07) is 8.06. The molecule has 0 bridgehead atoms. The Hall–Kier alpha value is -2.11. The minimum atomic E-state index is -0.460. The maximum Gasteiger partial charge on any atom is 0.262 e. The molecule has 22 heavy (non-hydrogen) atoms. The highest BCUT2D eigenvalue weighted by Crippen LogP contribution is 2.33. The van der Waals surface area contributed by atoms with Crippen LogP contribution in [0.1, 0.15) is 10.4 Å². The Bertz CT molecular complexity index is 681. The van der Waals surface area contributed by atoms with Crippen LogP contribution in [0.4, 0.5) is 10.1 Å². The molecule has 0 saturated heterocycles. The third kappa shape index (κ3) is 4.19. The van der Waals surface area contributed by atoms with Gasteiger partial charge in [0.15, 0.2) is 12.4 Å². The van der Waals surface area contributed by atoms with E-state index in [0.29, 0.717) is 17.5 Å². The molecule has 4 nitrogen and oxygen atoms in total. The van der Waals surface area contributed by atoms with Crippen LogP contribution in [0, 0.1) is 5.82 Å². The summed E-state index contributed by atoms with van der Waals surface area (Å²) in [5.74, 6) is -0.746. The van der Waals surface area contributed by atoms with Crippen LogP contribution in [-0.4, -0.2) is 18.8 Å². The summed E-state index contributed by atoms with van der Waals surface area (Å²) >= 11 is 11.9. The van der Waals surface area contributed by atoms with E-state index in [9.17, 15) is 14.0 Å². The number of carbonyl (C=O) groups excluding carboxylic acids is 2. The Balaban J connectivity index is 1.99. The fourth-order valence-electron chi connectivity index (χ4n) is 1.65. The Morgan fingerprint density at radius 2 is 1.77 bits per heavy atom. The molecule has 0 aromatic heterocycles. The minimum absolute atomic E-state index is 0.114. The van der Waals surface area contributed by atoms with Crippen molar-refractivity contribution in [3.05, 3.63) is 57.8 Å². The van der Waals surface area contributed by atoms with Gasteiger partial charge in [-0.2, -0.15) is 0 Å². The van der Waals surface area contributed by atoms with Crippen molar-refractivity contribution in [3.63, 3.8) is 0 Å². The van der Waals surface area contributed by atoms with Crippen molar-refractivity contribution in [2.45, 2.75) is 0 Å². The molecule has 0 saturated carbocycles. The van der Waals surface area contributed by atoms with Crippen LogP contribution in [0.15, 0.2) is 36.4 Å². The lowest BCUT2D eigenvalue weighted by molar-refractivity contribution is -0.118. The second-order valence-corrected chi connectivity index (χ2v) is 5.09. The lowest BCUT2D eigenvalue weighted by Gasteiger charge is -2.10. The second kappa shape index (κ2) is 7.24. The van der Waals surface area contributed by atoms with Crippen molar-refractivity contribution in [1.29, 1.82) is 0 Å². The van der Waals surface area contributed by atoms with Crippen molar-refractivity contribution < 1.29 is 18.7 Å². The first-order chi connectivity index (χ1) is 10.5. The Morgan fingerprint density at radius 3 is 2.32 bits per heavy atom. The molecule has 0 atom stereocenters. The Kier molecular flexibility index (Phi) is 5.35. The van der Waals surface area contributed by atoms with Crippen LogP contribution in [0.25, 0.3) is 0 Å². The molecule has 0 aliphatic heterocycles. The van der Waals surface area contributed by atoms with E-state index >= 15 is 0 Å². The van der Waals surface area contributed by atoms with E-state index in [4.69, 9.17) is 27.9 Å². The molecular weight excluding hydrogens is 332 g/mol. The largest absolute Gasteiger partial charge is 0.481 e.